The van der Waals surface area contributed by atoms with Gasteiger partial charge in [-0.3, -0.25) is 4.99 Å². The minimum atomic E-state index is 0. The Kier molecular flexibility index (Phi) is 10.7. The molecule has 0 saturated heterocycles. The van der Waals surface area contributed by atoms with Gasteiger partial charge in [-0.05, 0) is 27.2 Å². The summed E-state index contributed by atoms with van der Waals surface area (Å²) in [5.41, 5.74) is 1.10. The highest BCUT2D eigenvalue weighted by Gasteiger charge is 2.07. The standard InChI is InChI=1S/C14H24N4S.HI/c1-5-7-8-9-16-14(15-6-2)18(4)10-13-11-19-12(3)17-13;/h5,7,11H,6,8-10H2,1-4H3,(H,15,16);1H/b7-5+;. The van der Waals surface area contributed by atoms with Crippen LogP contribution in [0.1, 0.15) is 31.0 Å². The van der Waals surface area contributed by atoms with Crippen LogP contribution >= 0.6 is 35.3 Å². The zero-order valence-corrected chi connectivity index (χ0v) is 15.9. The number of aryl methyl sites for hydroxylation is 1. The fourth-order valence-corrected chi connectivity index (χ4v) is 2.28. The number of aromatic nitrogens is 1. The van der Waals surface area contributed by atoms with Crippen molar-refractivity contribution in [2.75, 3.05) is 20.1 Å². The van der Waals surface area contributed by atoms with Crippen molar-refractivity contribution in [3.8, 4) is 0 Å². The number of hydrogen-bond donors (Lipinski definition) is 1. The molecule has 1 heterocycles. The molecule has 6 heteroatoms. The fraction of sp³-hybridized carbons (Fsp3) is 0.571. The molecule has 1 rings (SSSR count). The van der Waals surface area contributed by atoms with E-state index in [1.807, 2.05) is 20.9 Å². The number of halogens is 1. The second-order valence-corrected chi connectivity index (χ2v) is 5.37. The van der Waals surface area contributed by atoms with Crippen molar-refractivity contribution >= 4 is 41.3 Å². The van der Waals surface area contributed by atoms with Gasteiger partial charge in [-0.15, -0.1) is 35.3 Å². The molecular weight excluding hydrogens is 383 g/mol. The summed E-state index contributed by atoms with van der Waals surface area (Å²) in [5, 5.41) is 6.53. The Bertz CT molecular complexity index is 429. The summed E-state index contributed by atoms with van der Waals surface area (Å²) in [6, 6.07) is 0. The summed E-state index contributed by atoms with van der Waals surface area (Å²) in [4.78, 5) is 11.2. The molecule has 1 aromatic rings. The lowest BCUT2D eigenvalue weighted by Gasteiger charge is -2.21. The zero-order chi connectivity index (χ0) is 14.1. The Labute approximate surface area is 143 Å². The first kappa shape index (κ1) is 19.4. The van der Waals surface area contributed by atoms with Crippen molar-refractivity contribution in [2.45, 2.75) is 33.7 Å². The van der Waals surface area contributed by atoms with E-state index in [-0.39, 0.29) is 24.0 Å². The van der Waals surface area contributed by atoms with Crippen LogP contribution in [0.25, 0.3) is 0 Å². The highest BCUT2D eigenvalue weighted by Crippen LogP contribution is 2.09. The van der Waals surface area contributed by atoms with E-state index in [1.54, 1.807) is 11.3 Å². The summed E-state index contributed by atoms with van der Waals surface area (Å²) in [6.07, 6.45) is 5.18. The van der Waals surface area contributed by atoms with Gasteiger partial charge in [0, 0.05) is 25.5 Å². The molecule has 4 nitrogen and oxygen atoms in total. The van der Waals surface area contributed by atoms with Crippen molar-refractivity contribution in [3.05, 3.63) is 28.2 Å². The third kappa shape index (κ3) is 7.23. The molecule has 0 amide bonds. The number of allylic oxidation sites excluding steroid dienone is 1. The van der Waals surface area contributed by atoms with Gasteiger partial charge in [0.15, 0.2) is 5.96 Å². The van der Waals surface area contributed by atoms with Gasteiger partial charge in [0.1, 0.15) is 0 Å². The van der Waals surface area contributed by atoms with Gasteiger partial charge in [0.2, 0.25) is 0 Å². The second kappa shape index (κ2) is 11.1. The fourth-order valence-electron chi connectivity index (χ4n) is 1.68. The molecule has 0 aliphatic rings. The van der Waals surface area contributed by atoms with E-state index < -0.39 is 0 Å². The predicted octanol–water partition coefficient (Wildman–Crippen LogP) is 3.43. The number of thiazole rings is 1. The molecule has 0 spiro atoms. The topological polar surface area (TPSA) is 40.5 Å². The first-order valence-electron chi connectivity index (χ1n) is 6.69. The molecule has 1 aromatic heterocycles. The van der Waals surface area contributed by atoms with Crippen molar-refractivity contribution in [1.29, 1.82) is 0 Å². The number of rotatable bonds is 6. The molecular formula is C14H25IN4S. The maximum Gasteiger partial charge on any atom is 0.194 e. The summed E-state index contributed by atoms with van der Waals surface area (Å²) < 4.78 is 0. The van der Waals surface area contributed by atoms with Gasteiger partial charge in [-0.25, -0.2) is 4.98 Å². The third-order valence-electron chi connectivity index (χ3n) is 2.56. The largest absolute Gasteiger partial charge is 0.357 e. The van der Waals surface area contributed by atoms with Gasteiger partial charge in [0.05, 0.1) is 17.2 Å². The third-order valence-corrected chi connectivity index (χ3v) is 3.38. The summed E-state index contributed by atoms with van der Waals surface area (Å²) in [7, 11) is 2.05. The van der Waals surface area contributed by atoms with Gasteiger partial charge >= 0.3 is 0 Å². The SMILES string of the molecule is C/C=C/CCN=C(NCC)N(C)Cc1csc(C)n1.I. The number of guanidine groups is 1. The van der Waals surface area contributed by atoms with Crippen LogP contribution in [0.3, 0.4) is 0 Å². The Hall–Kier alpha value is -0.630. The summed E-state index contributed by atoms with van der Waals surface area (Å²) >= 11 is 1.69. The van der Waals surface area contributed by atoms with Gasteiger partial charge in [-0.2, -0.15) is 0 Å². The van der Waals surface area contributed by atoms with Crippen molar-refractivity contribution in [2.24, 2.45) is 4.99 Å². The van der Waals surface area contributed by atoms with Crippen LogP contribution in [0.2, 0.25) is 0 Å². The van der Waals surface area contributed by atoms with Crippen LogP contribution in [0.4, 0.5) is 0 Å². The van der Waals surface area contributed by atoms with E-state index in [2.05, 4.69) is 44.6 Å². The number of nitrogens with one attached hydrogen (secondary N) is 1. The van der Waals surface area contributed by atoms with Crippen LogP contribution in [-0.4, -0.2) is 36.0 Å². The molecule has 114 valence electrons. The molecule has 0 fully saturated rings. The first-order chi connectivity index (χ1) is 9.17. The molecule has 20 heavy (non-hydrogen) atoms. The van der Waals surface area contributed by atoms with E-state index in [1.165, 1.54) is 0 Å². The van der Waals surface area contributed by atoms with E-state index in [9.17, 15) is 0 Å². The smallest absolute Gasteiger partial charge is 0.194 e. The normalized spacial score (nSPS) is 11.5. The molecule has 0 bridgehead atoms. The molecule has 0 radical (unpaired) electrons. The zero-order valence-electron chi connectivity index (χ0n) is 12.7. The molecule has 1 N–H and O–H groups in total. The minimum absolute atomic E-state index is 0. The Balaban J connectivity index is 0.00000361. The van der Waals surface area contributed by atoms with Gasteiger partial charge in [0.25, 0.3) is 0 Å². The van der Waals surface area contributed by atoms with Gasteiger partial charge in [-0.1, -0.05) is 12.2 Å². The lowest BCUT2D eigenvalue weighted by Crippen LogP contribution is -2.38. The average molecular weight is 408 g/mol. The summed E-state index contributed by atoms with van der Waals surface area (Å²) in [5.74, 6) is 0.942. The maximum absolute atomic E-state index is 4.61. The molecule has 0 aliphatic carbocycles. The van der Waals surface area contributed by atoms with Crippen LogP contribution in [-0.2, 0) is 6.54 Å². The van der Waals surface area contributed by atoms with Crippen molar-refractivity contribution < 1.29 is 0 Å². The predicted molar refractivity (Wildman–Crippen MR) is 99.1 cm³/mol. The summed E-state index contributed by atoms with van der Waals surface area (Å²) in [6.45, 7) is 8.63. The van der Waals surface area contributed by atoms with Crippen LogP contribution < -0.4 is 5.32 Å². The molecule has 0 saturated carbocycles. The van der Waals surface area contributed by atoms with Crippen LogP contribution in [0.5, 0.6) is 0 Å². The lowest BCUT2D eigenvalue weighted by atomic mass is 10.4. The highest BCUT2D eigenvalue weighted by molar-refractivity contribution is 14.0. The maximum atomic E-state index is 4.61. The number of aliphatic imine (C=N–C) groups is 1. The Morgan fingerprint density at radius 3 is 2.85 bits per heavy atom. The lowest BCUT2D eigenvalue weighted by molar-refractivity contribution is 0.471. The van der Waals surface area contributed by atoms with E-state index >= 15 is 0 Å². The van der Waals surface area contributed by atoms with Crippen molar-refractivity contribution in [3.63, 3.8) is 0 Å². The number of nitrogens with zero attached hydrogens (tertiary/aromatic N) is 3. The average Bonchev–Trinajstić information content (AvgIpc) is 2.78. The van der Waals surface area contributed by atoms with E-state index in [0.29, 0.717) is 0 Å². The van der Waals surface area contributed by atoms with Crippen LogP contribution in [0, 0.1) is 6.92 Å². The molecule has 0 unspecified atom stereocenters. The molecule has 0 atom stereocenters. The highest BCUT2D eigenvalue weighted by atomic mass is 127. The molecule has 0 aromatic carbocycles. The number of hydrogen-bond acceptors (Lipinski definition) is 3. The van der Waals surface area contributed by atoms with E-state index in [0.717, 1.165) is 42.7 Å². The first-order valence-corrected chi connectivity index (χ1v) is 7.57. The van der Waals surface area contributed by atoms with E-state index in [4.69, 9.17) is 0 Å². The van der Waals surface area contributed by atoms with Gasteiger partial charge < -0.3 is 10.2 Å². The molecule has 0 aliphatic heterocycles. The monoisotopic (exact) mass is 408 g/mol. The Morgan fingerprint density at radius 1 is 1.55 bits per heavy atom. The minimum Gasteiger partial charge on any atom is -0.357 e. The quantitative estimate of drug-likeness (QED) is 0.258. The Morgan fingerprint density at radius 2 is 2.30 bits per heavy atom. The van der Waals surface area contributed by atoms with Crippen molar-refractivity contribution in [1.82, 2.24) is 15.2 Å². The van der Waals surface area contributed by atoms with Crippen LogP contribution in [0.15, 0.2) is 22.5 Å². The second-order valence-electron chi connectivity index (χ2n) is 4.31.